The summed E-state index contributed by atoms with van der Waals surface area (Å²) in [6.07, 6.45) is 2.54. The third-order valence-corrected chi connectivity index (χ3v) is 3.24. The van der Waals surface area contributed by atoms with Crippen molar-refractivity contribution in [3.63, 3.8) is 0 Å². The van der Waals surface area contributed by atoms with Crippen LogP contribution in [0.5, 0.6) is 0 Å². The van der Waals surface area contributed by atoms with Crippen molar-refractivity contribution in [3.05, 3.63) is 46.8 Å². The first kappa shape index (κ1) is 14.7. The average Bonchev–Trinajstić information content (AvgIpc) is 2.91. The normalized spacial score (nSPS) is 12.3. The van der Waals surface area contributed by atoms with Crippen LogP contribution in [0, 0.1) is 5.82 Å². The first-order valence-corrected chi connectivity index (χ1v) is 6.68. The molecule has 0 saturated carbocycles. The minimum atomic E-state index is -1.05. The fourth-order valence-corrected chi connectivity index (χ4v) is 2.08. The van der Waals surface area contributed by atoms with Crippen LogP contribution in [0.2, 0.25) is 0 Å². The molecule has 0 aromatic carbocycles. The number of anilines is 1. The smallest absolute Gasteiger partial charge is 0.325 e. The van der Waals surface area contributed by atoms with E-state index in [2.05, 4.69) is 20.4 Å². The van der Waals surface area contributed by atoms with Crippen LogP contribution in [-0.2, 0) is 4.79 Å². The van der Waals surface area contributed by atoms with Crippen LogP contribution in [0.15, 0.2) is 35.4 Å². The molecule has 0 spiro atoms. The number of fused-ring (bicyclic) bond motifs is 1. The molecule has 3 aromatic rings. The molecule has 23 heavy (non-hydrogen) atoms. The van der Waals surface area contributed by atoms with Gasteiger partial charge in [-0.2, -0.15) is 4.68 Å². The number of carbonyl (C=O) groups is 1. The predicted molar refractivity (Wildman–Crippen MR) is 80.2 cm³/mol. The fourth-order valence-electron chi connectivity index (χ4n) is 2.08. The van der Waals surface area contributed by atoms with Gasteiger partial charge in [0.05, 0.1) is 11.9 Å². The third kappa shape index (κ3) is 2.76. The van der Waals surface area contributed by atoms with Crippen LogP contribution in [0.3, 0.4) is 0 Å². The number of hydrogen-bond acceptors (Lipinski definition) is 5. The maximum atomic E-state index is 13.4. The quantitative estimate of drug-likeness (QED) is 0.665. The number of nitrogens with zero attached hydrogens (tertiary/aromatic N) is 3. The van der Waals surface area contributed by atoms with Crippen LogP contribution < -0.4 is 10.9 Å². The number of aliphatic carboxylic acids is 1. The fraction of sp³-hybridized carbons (Fsp3) is 0.143. The first-order chi connectivity index (χ1) is 11.0. The average molecular weight is 317 g/mol. The molecule has 3 rings (SSSR count). The van der Waals surface area contributed by atoms with E-state index in [4.69, 9.17) is 5.11 Å². The number of carboxylic acids is 1. The van der Waals surface area contributed by atoms with Gasteiger partial charge in [-0.1, -0.05) is 0 Å². The number of rotatable bonds is 4. The van der Waals surface area contributed by atoms with E-state index in [1.54, 1.807) is 0 Å². The van der Waals surface area contributed by atoms with E-state index < -0.39 is 23.4 Å². The summed E-state index contributed by atoms with van der Waals surface area (Å²) in [5, 5.41) is 16.0. The summed E-state index contributed by atoms with van der Waals surface area (Å²) >= 11 is 0. The lowest BCUT2D eigenvalue weighted by atomic mass is 10.3. The standard InChI is InChI=1S/C14H12FN5O3/c1-7(14(22)23)18-11-2-3-12(21)20(19-11)10-6-17-13-9(10)4-8(15)5-16-13/h2-7H,1H3,(H,16,17)(H,18,19)(H,22,23). The Morgan fingerprint density at radius 1 is 1.48 bits per heavy atom. The molecule has 0 fully saturated rings. The second-order valence-corrected chi connectivity index (χ2v) is 4.90. The minimum Gasteiger partial charge on any atom is -0.480 e. The Morgan fingerprint density at radius 2 is 2.26 bits per heavy atom. The highest BCUT2D eigenvalue weighted by molar-refractivity contribution is 5.85. The van der Waals surface area contributed by atoms with Crippen molar-refractivity contribution in [2.24, 2.45) is 0 Å². The maximum absolute atomic E-state index is 13.4. The summed E-state index contributed by atoms with van der Waals surface area (Å²) in [6.45, 7) is 1.45. The summed E-state index contributed by atoms with van der Waals surface area (Å²) in [5.74, 6) is -1.39. The zero-order valence-electron chi connectivity index (χ0n) is 11.9. The molecule has 0 aliphatic heterocycles. The Labute approximate surface area is 128 Å². The molecule has 118 valence electrons. The number of aromatic amines is 1. The van der Waals surface area contributed by atoms with Crippen molar-refractivity contribution in [2.45, 2.75) is 13.0 Å². The van der Waals surface area contributed by atoms with Crippen molar-refractivity contribution in [3.8, 4) is 5.69 Å². The van der Waals surface area contributed by atoms with Gasteiger partial charge in [0.15, 0.2) is 0 Å². The predicted octanol–water partition coefficient (Wildman–Crippen LogP) is 1.13. The van der Waals surface area contributed by atoms with Gasteiger partial charge >= 0.3 is 5.97 Å². The number of nitrogens with one attached hydrogen (secondary N) is 2. The molecule has 1 unspecified atom stereocenters. The second kappa shape index (κ2) is 5.52. The van der Waals surface area contributed by atoms with Crippen molar-refractivity contribution in [1.82, 2.24) is 19.7 Å². The molecule has 0 aliphatic rings. The monoisotopic (exact) mass is 317 g/mol. The molecular weight excluding hydrogens is 305 g/mol. The lowest BCUT2D eigenvalue weighted by Crippen LogP contribution is -2.28. The summed E-state index contributed by atoms with van der Waals surface area (Å²) in [5.41, 5.74) is 0.291. The molecule has 1 atom stereocenters. The lowest BCUT2D eigenvalue weighted by molar-refractivity contribution is -0.137. The maximum Gasteiger partial charge on any atom is 0.325 e. The molecule has 8 nitrogen and oxygen atoms in total. The Balaban J connectivity index is 2.09. The number of aromatic nitrogens is 4. The van der Waals surface area contributed by atoms with E-state index in [0.717, 1.165) is 10.9 Å². The number of halogens is 1. The zero-order valence-corrected chi connectivity index (χ0v) is 11.9. The Bertz CT molecular complexity index is 949. The molecule has 0 amide bonds. The van der Waals surface area contributed by atoms with E-state index in [1.165, 1.54) is 31.3 Å². The zero-order chi connectivity index (χ0) is 16.6. The molecule has 0 aliphatic carbocycles. The van der Waals surface area contributed by atoms with E-state index in [1.807, 2.05) is 0 Å². The van der Waals surface area contributed by atoms with Gasteiger partial charge < -0.3 is 15.4 Å². The molecule has 0 radical (unpaired) electrons. The third-order valence-electron chi connectivity index (χ3n) is 3.24. The minimum absolute atomic E-state index is 0.207. The highest BCUT2D eigenvalue weighted by atomic mass is 19.1. The Kier molecular flexibility index (Phi) is 3.53. The van der Waals surface area contributed by atoms with Crippen LogP contribution in [-0.4, -0.2) is 36.9 Å². The molecule has 0 bridgehead atoms. The molecular formula is C14H12FN5O3. The highest BCUT2D eigenvalue weighted by Crippen LogP contribution is 2.19. The summed E-state index contributed by atoms with van der Waals surface area (Å²) in [6, 6.07) is 2.99. The van der Waals surface area contributed by atoms with E-state index in [9.17, 15) is 14.0 Å². The Morgan fingerprint density at radius 3 is 3.00 bits per heavy atom. The van der Waals surface area contributed by atoms with E-state index >= 15 is 0 Å². The molecule has 3 aromatic heterocycles. The van der Waals surface area contributed by atoms with Crippen molar-refractivity contribution in [2.75, 3.05) is 5.32 Å². The molecule has 3 heterocycles. The van der Waals surface area contributed by atoms with Crippen LogP contribution in [0.1, 0.15) is 6.92 Å². The SMILES string of the molecule is CC(Nc1ccc(=O)n(-c2c[nH]c3ncc(F)cc23)n1)C(=O)O. The summed E-state index contributed by atoms with van der Waals surface area (Å²) in [7, 11) is 0. The van der Waals surface area contributed by atoms with Crippen molar-refractivity contribution >= 4 is 22.8 Å². The van der Waals surface area contributed by atoms with Crippen LogP contribution in [0.4, 0.5) is 10.2 Å². The largest absolute Gasteiger partial charge is 0.480 e. The lowest BCUT2D eigenvalue weighted by Gasteiger charge is -2.11. The van der Waals surface area contributed by atoms with Gasteiger partial charge in [0.1, 0.15) is 23.3 Å². The van der Waals surface area contributed by atoms with E-state index in [-0.39, 0.29) is 5.82 Å². The van der Waals surface area contributed by atoms with Crippen molar-refractivity contribution < 1.29 is 14.3 Å². The van der Waals surface area contributed by atoms with E-state index in [0.29, 0.717) is 16.7 Å². The topological polar surface area (TPSA) is 113 Å². The number of pyridine rings is 1. The summed E-state index contributed by atoms with van der Waals surface area (Å²) in [4.78, 5) is 29.6. The van der Waals surface area contributed by atoms with Gasteiger partial charge in [-0.15, -0.1) is 5.10 Å². The second-order valence-electron chi connectivity index (χ2n) is 4.90. The Hall–Kier alpha value is -3.23. The van der Waals surface area contributed by atoms with Crippen LogP contribution >= 0.6 is 0 Å². The van der Waals surface area contributed by atoms with Gasteiger partial charge in [0.2, 0.25) is 0 Å². The van der Waals surface area contributed by atoms with Gasteiger partial charge in [-0.25, -0.2) is 9.37 Å². The van der Waals surface area contributed by atoms with Gasteiger partial charge in [0, 0.05) is 17.6 Å². The first-order valence-electron chi connectivity index (χ1n) is 6.68. The number of hydrogen-bond donors (Lipinski definition) is 3. The molecule has 0 saturated heterocycles. The van der Waals surface area contributed by atoms with Crippen LogP contribution in [0.25, 0.3) is 16.7 Å². The van der Waals surface area contributed by atoms with Gasteiger partial charge in [0.25, 0.3) is 5.56 Å². The van der Waals surface area contributed by atoms with Gasteiger partial charge in [-0.3, -0.25) is 9.59 Å². The highest BCUT2D eigenvalue weighted by Gasteiger charge is 2.14. The van der Waals surface area contributed by atoms with Crippen molar-refractivity contribution in [1.29, 1.82) is 0 Å². The number of carboxylic acid groups (broad SMARTS) is 1. The number of H-pyrrole nitrogens is 1. The van der Waals surface area contributed by atoms with Gasteiger partial charge in [-0.05, 0) is 19.1 Å². The molecule has 9 heteroatoms. The summed E-state index contributed by atoms with van der Waals surface area (Å²) < 4.78 is 14.4. The molecule has 3 N–H and O–H groups in total.